The van der Waals surface area contributed by atoms with Crippen LogP contribution in [0, 0.1) is 0 Å². The Hall–Kier alpha value is -1.06. The van der Waals surface area contributed by atoms with Crippen LogP contribution < -0.4 is 10.1 Å². The molecule has 0 aliphatic heterocycles. The number of hydrogen-bond acceptors (Lipinski definition) is 3. The summed E-state index contributed by atoms with van der Waals surface area (Å²) < 4.78 is 5.82. The quantitative estimate of drug-likeness (QED) is 0.742. The second-order valence-electron chi connectivity index (χ2n) is 5.14. The van der Waals surface area contributed by atoms with Crippen LogP contribution in [0.5, 0.6) is 5.75 Å². The van der Waals surface area contributed by atoms with Crippen molar-refractivity contribution >= 4 is 0 Å². The number of likely N-dealkylation sites (N-methyl/N-ethyl adjacent to an activating group) is 1. The highest BCUT2D eigenvalue weighted by Crippen LogP contribution is 2.13. The van der Waals surface area contributed by atoms with E-state index in [2.05, 4.69) is 43.2 Å². The van der Waals surface area contributed by atoms with Crippen LogP contribution in [0.3, 0.4) is 0 Å². The molecule has 0 amide bonds. The zero-order chi connectivity index (χ0) is 14.1. The topological polar surface area (TPSA) is 24.5 Å². The van der Waals surface area contributed by atoms with Gasteiger partial charge >= 0.3 is 0 Å². The Morgan fingerprint density at radius 2 is 2.16 bits per heavy atom. The number of rotatable bonds is 9. The van der Waals surface area contributed by atoms with E-state index >= 15 is 0 Å². The Balaban J connectivity index is 2.34. The van der Waals surface area contributed by atoms with Crippen LogP contribution in [0.25, 0.3) is 0 Å². The Morgan fingerprint density at radius 3 is 2.84 bits per heavy atom. The lowest BCUT2D eigenvalue weighted by molar-refractivity contribution is 0.193. The first-order valence-electron chi connectivity index (χ1n) is 7.24. The normalized spacial score (nSPS) is 12.7. The fourth-order valence-electron chi connectivity index (χ4n) is 2.12. The second kappa shape index (κ2) is 8.94. The smallest absolute Gasteiger partial charge is 0.119 e. The molecule has 0 heterocycles. The molecule has 0 aliphatic carbocycles. The van der Waals surface area contributed by atoms with E-state index in [9.17, 15) is 0 Å². The van der Waals surface area contributed by atoms with Crippen molar-refractivity contribution in [2.45, 2.75) is 39.3 Å². The van der Waals surface area contributed by atoms with E-state index in [0.29, 0.717) is 6.04 Å². The Bertz CT molecular complexity index is 354. The fraction of sp³-hybridized carbons (Fsp3) is 0.625. The summed E-state index contributed by atoms with van der Waals surface area (Å²) in [4.78, 5) is 2.36. The van der Waals surface area contributed by atoms with Crippen molar-refractivity contribution in [2.24, 2.45) is 0 Å². The SMILES string of the molecule is CCCC(C)N(C)CCOc1cccc(CNC)c1. The summed E-state index contributed by atoms with van der Waals surface area (Å²) in [5.74, 6) is 0.962. The fourth-order valence-corrected chi connectivity index (χ4v) is 2.12. The molecule has 1 N–H and O–H groups in total. The molecule has 0 aromatic heterocycles. The molecule has 1 rings (SSSR count). The van der Waals surface area contributed by atoms with Gasteiger partial charge in [-0.15, -0.1) is 0 Å². The van der Waals surface area contributed by atoms with Crippen LogP contribution in [0.15, 0.2) is 24.3 Å². The maximum atomic E-state index is 5.82. The van der Waals surface area contributed by atoms with Gasteiger partial charge in [-0.25, -0.2) is 0 Å². The van der Waals surface area contributed by atoms with Gasteiger partial charge in [0.05, 0.1) is 0 Å². The van der Waals surface area contributed by atoms with Crippen molar-refractivity contribution in [3.05, 3.63) is 29.8 Å². The first-order chi connectivity index (χ1) is 9.17. The van der Waals surface area contributed by atoms with E-state index < -0.39 is 0 Å². The summed E-state index contributed by atoms with van der Waals surface area (Å²) in [7, 11) is 4.12. The van der Waals surface area contributed by atoms with Crippen LogP contribution in [0.4, 0.5) is 0 Å². The number of hydrogen-bond donors (Lipinski definition) is 1. The van der Waals surface area contributed by atoms with E-state index in [4.69, 9.17) is 4.74 Å². The summed E-state index contributed by atoms with van der Waals surface area (Å²) in [5, 5.41) is 3.15. The van der Waals surface area contributed by atoms with Crippen molar-refractivity contribution in [1.29, 1.82) is 0 Å². The molecule has 3 heteroatoms. The average molecular weight is 264 g/mol. The van der Waals surface area contributed by atoms with Crippen LogP contribution in [-0.2, 0) is 6.54 Å². The van der Waals surface area contributed by atoms with E-state index in [1.54, 1.807) is 0 Å². The third-order valence-corrected chi connectivity index (χ3v) is 3.45. The molecule has 1 aromatic carbocycles. The molecule has 1 unspecified atom stereocenters. The van der Waals surface area contributed by atoms with Crippen molar-refractivity contribution in [3.63, 3.8) is 0 Å². The molecule has 1 atom stereocenters. The van der Waals surface area contributed by atoms with Crippen molar-refractivity contribution in [2.75, 3.05) is 27.2 Å². The Kier molecular flexibility index (Phi) is 7.53. The van der Waals surface area contributed by atoms with Crippen LogP contribution >= 0.6 is 0 Å². The lowest BCUT2D eigenvalue weighted by atomic mass is 10.2. The Morgan fingerprint density at radius 1 is 1.37 bits per heavy atom. The molecular weight excluding hydrogens is 236 g/mol. The van der Waals surface area contributed by atoms with Crippen molar-refractivity contribution in [1.82, 2.24) is 10.2 Å². The largest absolute Gasteiger partial charge is 0.492 e. The van der Waals surface area contributed by atoms with Gasteiger partial charge < -0.3 is 15.0 Å². The van der Waals surface area contributed by atoms with Crippen molar-refractivity contribution in [3.8, 4) is 5.75 Å². The van der Waals surface area contributed by atoms with E-state index in [-0.39, 0.29) is 0 Å². The second-order valence-corrected chi connectivity index (χ2v) is 5.14. The summed E-state index contributed by atoms with van der Waals surface area (Å²) in [6.45, 7) is 7.10. The summed E-state index contributed by atoms with van der Waals surface area (Å²) in [5.41, 5.74) is 1.26. The van der Waals surface area contributed by atoms with E-state index in [1.165, 1.54) is 18.4 Å². The lowest BCUT2D eigenvalue weighted by Crippen LogP contribution is -2.32. The molecule has 0 bridgehead atoms. The number of nitrogens with one attached hydrogen (secondary N) is 1. The highest BCUT2D eigenvalue weighted by Gasteiger charge is 2.07. The molecule has 0 aliphatic rings. The molecular formula is C16H28N2O. The standard InChI is InChI=1S/C16H28N2O/c1-5-7-14(2)18(4)10-11-19-16-9-6-8-15(12-16)13-17-3/h6,8-9,12,14,17H,5,7,10-11,13H2,1-4H3. The predicted molar refractivity (Wildman–Crippen MR) is 81.7 cm³/mol. The number of benzene rings is 1. The average Bonchev–Trinajstić information content (AvgIpc) is 2.40. The van der Waals surface area contributed by atoms with Gasteiger partial charge in [0.2, 0.25) is 0 Å². The third-order valence-electron chi connectivity index (χ3n) is 3.45. The van der Waals surface area contributed by atoms with Gasteiger partial charge in [0.25, 0.3) is 0 Å². The molecule has 108 valence electrons. The zero-order valence-corrected chi connectivity index (χ0v) is 12.8. The minimum Gasteiger partial charge on any atom is -0.492 e. The molecule has 0 spiro atoms. The number of ether oxygens (including phenoxy) is 1. The highest BCUT2D eigenvalue weighted by molar-refractivity contribution is 5.28. The monoisotopic (exact) mass is 264 g/mol. The number of nitrogens with zero attached hydrogens (tertiary/aromatic N) is 1. The minimum atomic E-state index is 0.629. The summed E-state index contributed by atoms with van der Waals surface area (Å²) in [6, 6.07) is 8.91. The van der Waals surface area contributed by atoms with Crippen molar-refractivity contribution < 1.29 is 4.74 Å². The van der Waals surface area contributed by atoms with Crippen LogP contribution in [0.2, 0.25) is 0 Å². The highest BCUT2D eigenvalue weighted by atomic mass is 16.5. The molecule has 3 nitrogen and oxygen atoms in total. The molecule has 0 saturated carbocycles. The maximum Gasteiger partial charge on any atom is 0.119 e. The first-order valence-corrected chi connectivity index (χ1v) is 7.24. The van der Waals surface area contributed by atoms with Crippen LogP contribution in [0.1, 0.15) is 32.3 Å². The first kappa shape index (κ1) is 16.0. The minimum absolute atomic E-state index is 0.629. The van der Waals surface area contributed by atoms with Gasteiger partial charge in [-0.05, 0) is 45.1 Å². The lowest BCUT2D eigenvalue weighted by Gasteiger charge is -2.24. The molecule has 0 radical (unpaired) electrons. The van der Waals surface area contributed by atoms with E-state index in [0.717, 1.165) is 25.4 Å². The molecule has 0 saturated heterocycles. The van der Waals surface area contributed by atoms with Gasteiger partial charge in [-0.1, -0.05) is 25.5 Å². The van der Waals surface area contributed by atoms with Crippen LogP contribution in [-0.4, -0.2) is 38.2 Å². The Labute approximate surface area is 118 Å². The van der Waals surface area contributed by atoms with Gasteiger partial charge in [-0.2, -0.15) is 0 Å². The third kappa shape index (κ3) is 6.08. The van der Waals surface area contributed by atoms with Gasteiger partial charge in [0, 0.05) is 19.1 Å². The molecule has 19 heavy (non-hydrogen) atoms. The molecule has 0 fully saturated rings. The van der Waals surface area contributed by atoms with Gasteiger partial charge in [-0.3, -0.25) is 0 Å². The van der Waals surface area contributed by atoms with Gasteiger partial charge in [0.15, 0.2) is 0 Å². The summed E-state index contributed by atoms with van der Waals surface area (Å²) in [6.07, 6.45) is 2.48. The maximum absolute atomic E-state index is 5.82. The summed E-state index contributed by atoms with van der Waals surface area (Å²) >= 11 is 0. The van der Waals surface area contributed by atoms with E-state index in [1.807, 2.05) is 19.2 Å². The molecule has 1 aromatic rings. The van der Waals surface area contributed by atoms with Gasteiger partial charge in [0.1, 0.15) is 12.4 Å². The predicted octanol–water partition coefficient (Wildman–Crippen LogP) is 2.91. The zero-order valence-electron chi connectivity index (χ0n) is 12.8.